The topological polar surface area (TPSA) is 91.3 Å². The summed E-state index contributed by atoms with van der Waals surface area (Å²) < 4.78 is 33.3. The number of hydrogen-bond donors (Lipinski definition) is 0. The van der Waals surface area contributed by atoms with Crippen molar-refractivity contribution in [1.82, 2.24) is 0 Å². The zero-order chi connectivity index (χ0) is 21.4. The lowest BCUT2D eigenvalue weighted by Gasteiger charge is -2.32. The smallest absolute Gasteiger partial charge is 0.184 e. The predicted octanol–water partition coefficient (Wildman–Crippen LogP) is 3.47. The van der Waals surface area contributed by atoms with Crippen molar-refractivity contribution in [2.24, 2.45) is 22.7 Å². The van der Waals surface area contributed by atoms with Crippen molar-refractivity contribution < 1.29 is 22.6 Å². The van der Waals surface area contributed by atoms with Crippen LogP contribution in [0.3, 0.4) is 0 Å². The molecule has 166 valence electrons. The molecule has 3 atom stereocenters. The SMILES string of the molecule is CC12CCC(C(S(=O)(=O)[O-])C1=O)C2(C)C.O=C(C[S+]1CCCC1)C1CCCCC1. The molecule has 4 aliphatic rings. The van der Waals surface area contributed by atoms with E-state index in [1.807, 2.05) is 13.8 Å². The average Bonchev–Trinajstić information content (AvgIpc) is 3.28. The van der Waals surface area contributed by atoms with Gasteiger partial charge in [-0.05, 0) is 60.8 Å². The van der Waals surface area contributed by atoms with E-state index >= 15 is 0 Å². The maximum atomic E-state index is 12.0. The second kappa shape index (κ2) is 8.62. The number of Topliss-reactive ketones (excluding diaryl/α,β-unsaturated/α-hetero) is 2. The Labute approximate surface area is 178 Å². The molecule has 0 radical (unpaired) electrons. The van der Waals surface area contributed by atoms with Gasteiger partial charge in [-0.2, -0.15) is 0 Å². The van der Waals surface area contributed by atoms with Gasteiger partial charge in [-0.1, -0.05) is 40.0 Å². The minimum Gasteiger partial charge on any atom is -0.747 e. The third-order valence-corrected chi connectivity index (χ3v) is 11.9. The Morgan fingerprint density at radius 3 is 2.07 bits per heavy atom. The minimum absolute atomic E-state index is 0.294. The van der Waals surface area contributed by atoms with E-state index in [2.05, 4.69) is 0 Å². The molecule has 29 heavy (non-hydrogen) atoms. The molecule has 0 aromatic carbocycles. The molecule has 4 fully saturated rings. The lowest BCUT2D eigenvalue weighted by Crippen LogP contribution is -2.38. The van der Waals surface area contributed by atoms with Gasteiger partial charge in [0.25, 0.3) is 0 Å². The second-order valence-corrected chi connectivity index (χ2v) is 14.0. The molecule has 4 rings (SSSR count). The van der Waals surface area contributed by atoms with Crippen molar-refractivity contribution in [3.63, 3.8) is 0 Å². The fourth-order valence-corrected chi connectivity index (χ4v) is 9.69. The standard InChI is InChI=1S/C12H21OS.C10H16O4S/c13-12(10-14-8-4-5-9-14)11-6-2-1-3-7-11;1-9(2)6-4-5-10(9,3)8(11)7(6)15(12,13)14/h11H,1-10H2;6-7H,4-5H2,1-3H3,(H,12,13,14)/q+1;/p-1. The van der Waals surface area contributed by atoms with Gasteiger partial charge in [-0.3, -0.25) is 9.59 Å². The molecule has 0 aromatic heterocycles. The van der Waals surface area contributed by atoms with Crippen LogP contribution in [0.4, 0.5) is 0 Å². The molecule has 0 aromatic rings. The third kappa shape index (κ3) is 4.47. The zero-order valence-electron chi connectivity index (χ0n) is 18.1. The highest BCUT2D eigenvalue weighted by atomic mass is 32.2. The van der Waals surface area contributed by atoms with Crippen molar-refractivity contribution in [1.29, 1.82) is 0 Å². The van der Waals surface area contributed by atoms with E-state index < -0.39 is 20.8 Å². The molecule has 5 nitrogen and oxygen atoms in total. The number of hydrogen-bond acceptors (Lipinski definition) is 5. The molecule has 0 amide bonds. The highest BCUT2D eigenvalue weighted by molar-refractivity contribution is 7.97. The van der Waals surface area contributed by atoms with Gasteiger partial charge in [0.05, 0.1) is 0 Å². The summed E-state index contributed by atoms with van der Waals surface area (Å²) >= 11 is 0. The molecule has 3 saturated carbocycles. The maximum absolute atomic E-state index is 12.0. The lowest BCUT2D eigenvalue weighted by molar-refractivity contribution is -0.128. The van der Waals surface area contributed by atoms with Crippen LogP contribution in [0.1, 0.15) is 78.6 Å². The van der Waals surface area contributed by atoms with E-state index in [0.29, 0.717) is 35.4 Å². The summed E-state index contributed by atoms with van der Waals surface area (Å²) in [4.78, 5) is 23.9. The van der Waals surface area contributed by atoms with Gasteiger partial charge < -0.3 is 4.55 Å². The number of fused-ring (bicyclic) bond motifs is 2. The van der Waals surface area contributed by atoms with Crippen molar-refractivity contribution in [3.05, 3.63) is 0 Å². The first-order chi connectivity index (χ1) is 13.5. The van der Waals surface area contributed by atoms with E-state index in [1.165, 1.54) is 56.5 Å². The molecule has 7 heteroatoms. The summed E-state index contributed by atoms with van der Waals surface area (Å²) in [5, 5.41) is -1.30. The van der Waals surface area contributed by atoms with Crippen LogP contribution < -0.4 is 0 Å². The maximum Gasteiger partial charge on any atom is 0.184 e. The summed E-state index contributed by atoms with van der Waals surface area (Å²) in [6.45, 7) is 5.59. The Balaban J connectivity index is 0.000000166. The summed E-state index contributed by atoms with van der Waals surface area (Å²) in [7, 11) is -4.00. The van der Waals surface area contributed by atoms with Crippen LogP contribution >= 0.6 is 0 Å². The predicted molar refractivity (Wildman–Crippen MR) is 116 cm³/mol. The Morgan fingerprint density at radius 1 is 1.03 bits per heavy atom. The Kier molecular flexibility index (Phi) is 6.92. The van der Waals surface area contributed by atoms with Crippen LogP contribution in [0.2, 0.25) is 0 Å². The molecule has 3 unspecified atom stereocenters. The number of carbonyl (C=O) groups is 2. The van der Waals surface area contributed by atoms with E-state index in [9.17, 15) is 22.6 Å². The van der Waals surface area contributed by atoms with Crippen molar-refractivity contribution in [2.75, 3.05) is 17.3 Å². The zero-order valence-corrected chi connectivity index (χ0v) is 19.7. The van der Waals surface area contributed by atoms with Gasteiger partial charge in [0.15, 0.2) is 17.3 Å². The fourth-order valence-electron chi connectivity index (χ4n) is 5.94. The molecule has 0 N–H and O–H groups in total. The van der Waals surface area contributed by atoms with E-state index in [1.54, 1.807) is 6.92 Å². The summed E-state index contributed by atoms with van der Waals surface area (Å²) in [5.74, 6) is 4.03. The second-order valence-electron chi connectivity index (χ2n) is 10.1. The number of carbonyl (C=O) groups excluding carboxylic acids is 2. The quantitative estimate of drug-likeness (QED) is 0.489. The van der Waals surface area contributed by atoms with Gasteiger partial charge in [0, 0.05) is 11.3 Å². The molecule has 3 aliphatic carbocycles. The highest BCUT2D eigenvalue weighted by Crippen LogP contribution is 2.64. The number of rotatable bonds is 4. The normalized spacial score (nSPS) is 34.8. The van der Waals surface area contributed by atoms with Crippen LogP contribution in [-0.2, 0) is 30.6 Å². The third-order valence-electron chi connectivity index (χ3n) is 8.31. The van der Waals surface area contributed by atoms with Gasteiger partial charge in [-0.15, -0.1) is 0 Å². The minimum atomic E-state index is -4.49. The van der Waals surface area contributed by atoms with Gasteiger partial charge in [0.2, 0.25) is 0 Å². The fraction of sp³-hybridized carbons (Fsp3) is 0.909. The average molecular weight is 445 g/mol. The molecule has 1 aliphatic heterocycles. The van der Waals surface area contributed by atoms with Crippen molar-refractivity contribution in [2.45, 2.75) is 83.8 Å². The first-order valence-electron chi connectivity index (χ1n) is 11.1. The summed E-state index contributed by atoms with van der Waals surface area (Å²) in [6.07, 6.45) is 10.5. The first-order valence-corrected chi connectivity index (χ1v) is 14.3. The number of ketones is 2. The largest absolute Gasteiger partial charge is 0.747 e. The van der Waals surface area contributed by atoms with Gasteiger partial charge in [-0.25, -0.2) is 8.42 Å². The van der Waals surface area contributed by atoms with Crippen molar-refractivity contribution in [3.8, 4) is 0 Å². The van der Waals surface area contributed by atoms with Crippen LogP contribution in [0.15, 0.2) is 0 Å². The Bertz CT molecular complexity index is 732. The lowest BCUT2D eigenvalue weighted by atomic mass is 9.70. The van der Waals surface area contributed by atoms with Crippen LogP contribution in [0, 0.1) is 22.7 Å². The molecule has 2 bridgehead atoms. The molecule has 1 saturated heterocycles. The van der Waals surface area contributed by atoms with Gasteiger partial charge in [0.1, 0.15) is 26.9 Å². The molecule has 1 heterocycles. The summed E-state index contributed by atoms with van der Waals surface area (Å²) in [6, 6.07) is 0. The summed E-state index contributed by atoms with van der Waals surface area (Å²) in [5.41, 5.74) is -0.994. The van der Waals surface area contributed by atoms with E-state index in [-0.39, 0.29) is 17.1 Å². The molecular weight excluding hydrogens is 408 g/mol. The van der Waals surface area contributed by atoms with Crippen LogP contribution in [0.25, 0.3) is 0 Å². The van der Waals surface area contributed by atoms with Crippen LogP contribution in [0.5, 0.6) is 0 Å². The first kappa shape index (κ1) is 23.3. The van der Waals surface area contributed by atoms with E-state index in [0.717, 1.165) is 5.75 Å². The highest BCUT2D eigenvalue weighted by Gasteiger charge is 2.67. The van der Waals surface area contributed by atoms with Crippen molar-refractivity contribution >= 4 is 32.6 Å². The monoisotopic (exact) mass is 444 g/mol. The molecular formula is C22H36O5S2. The molecule has 0 spiro atoms. The Hall–Kier alpha value is -0.400. The Morgan fingerprint density at radius 2 is 1.62 bits per heavy atom. The van der Waals surface area contributed by atoms with Crippen LogP contribution in [-0.4, -0.2) is 47.0 Å². The van der Waals surface area contributed by atoms with Gasteiger partial charge >= 0.3 is 0 Å². The van der Waals surface area contributed by atoms with E-state index in [4.69, 9.17) is 0 Å².